The molecule has 0 aliphatic heterocycles. The van der Waals surface area contributed by atoms with Gasteiger partial charge in [0.05, 0.1) is 0 Å². The third-order valence-corrected chi connectivity index (χ3v) is 3.83. The van der Waals surface area contributed by atoms with E-state index < -0.39 is 0 Å². The first-order valence-corrected chi connectivity index (χ1v) is 8.13. The van der Waals surface area contributed by atoms with Crippen LogP contribution in [0.3, 0.4) is 0 Å². The number of carbonyl (C=O) groups excluding carboxylic acids is 1. The first-order chi connectivity index (χ1) is 9.88. The van der Waals surface area contributed by atoms with Gasteiger partial charge in [-0.05, 0) is 24.7 Å². The standard InChI is InChI=1S/C16H32N4O/c1-12(2)10-17-16(18-11-15(21)20(4)5)19-14-8-6-7-13(3)9-14/h12-14H,6-11H2,1-5H3,(H2,17,18,19). The van der Waals surface area contributed by atoms with Gasteiger partial charge in [-0.15, -0.1) is 0 Å². The van der Waals surface area contributed by atoms with Crippen LogP contribution in [0, 0.1) is 11.8 Å². The zero-order chi connectivity index (χ0) is 15.8. The van der Waals surface area contributed by atoms with Crippen molar-refractivity contribution in [1.82, 2.24) is 15.5 Å². The van der Waals surface area contributed by atoms with Gasteiger partial charge in [-0.2, -0.15) is 0 Å². The van der Waals surface area contributed by atoms with Crippen molar-refractivity contribution in [3.63, 3.8) is 0 Å². The fourth-order valence-corrected chi connectivity index (χ4v) is 2.50. The molecule has 5 nitrogen and oxygen atoms in total. The maximum absolute atomic E-state index is 11.7. The zero-order valence-corrected chi connectivity index (χ0v) is 14.3. The van der Waals surface area contributed by atoms with Crippen LogP contribution >= 0.6 is 0 Å². The third kappa shape index (κ3) is 7.34. The van der Waals surface area contributed by atoms with Gasteiger partial charge in [0.15, 0.2) is 5.96 Å². The molecule has 1 amide bonds. The molecular formula is C16H32N4O. The topological polar surface area (TPSA) is 56.7 Å². The largest absolute Gasteiger partial charge is 0.356 e. The minimum atomic E-state index is 0.0256. The second-order valence-electron chi connectivity index (χ2n) is 6.84. The van der Waals surface area contributed by atoms with Gasteiger partial charge < -0.3 is 15.5 Å². The van der Waals surface area contributed by atoms with Gasteiger partial charge in [0, 0.05) is 26.7 Å². The zero-order valence-electron chi connectivity index (χ0n) is 14.3. The molecule has 0 aromatic rings. The van der Waals surface area contributed by atoms with Gasteiger partial charge in [0.1, 0.15) is 6.54 Å². The minimum absolute atomic E-state index is 0.0256. The Labute approximate surface area is 129 Å². The molecule has 1 fully saturated rings. The van der Waals surface area contributed by atoms with E-state index >= 15 is 0 Å². The number of hydrogen-bond acceptors (Lipinski definition) is 2. The Morgan fingerprint density at radius 3 is 2.62 bits per heavy atom. The quantitative estimate of drug-likeness (QED) is 0.601. The van der Waals surface area contributed by atoms with Crippen LogP contribution in [0.2, 0.25) is 0 Å². The van der Waals surface area contributed by atoms with E-state index in [1.54, 1.807) is 19.0 Å². The predicted molar refractivity (Wildman–Crippen MR) is 88.4 cm³/mol. The summed E-state index contributed by atoms with van der Waals surface area (Å²) in [5, 5.41) is 6.85. The third-order valence-electron chi connectivity index (χ3n) is 3.83. The highest BCUT2D eigenvalue weighted by Gasteiger charge is 2.19. The molecule has 0 radical (unpaired) electrons. The van der Waals surface area contributed by atoms with E-state index in [1.165, 1.54) is 25.7 Å². The van der Waals surface area contributed by atoms with Crippen molar-refractivity contribution in [3.8, 4) is 0 Å². The molecule has 5 heteroatoms. The molecule has 1 saturated carbocycles. The van der Waals surface area contributed by atoms with Gasteiger partial charge in [-0.3, -0.25) is 4.79 Å². The van der Waals surface area contributed by atoms with E-state index in [1.807, 2.05) is 0 Å². The normalized spacial score (nSPS) is 23.0. The Kier molecular flexibility index (Phi) is 7.54. The Balaban J connectivity index is 2.58. The van der Waals surface area contributed by atoms with Crippen LogP contribution in [0.5, 0.6) is 0 Å². The van der Waals surface area contributed by atoms with Crippen LogP contribution in [0.15, 0.2) is 4.99 Å². The van der Waals surface area contributed by atoms with E-state index in [-0.39, 0.29) is 12.5 Å². The smallest absolute Gasteiger partial charge is 0.243 e. The summed E-state index contributed by atoms with van der Waals surface area (Å²) in [6.07, 6.45) is 4.97. The predicted octanol–water partition coefficient (Wildman–Crippen LogP) is 1.84. The number of hydrogen-bond donors (Lipinski definition) is 2. The van der Waals surface area contributed by atoms with Crippen molar-refractivity contribution in [2.24, 2.45) is 16.8 Å². The maximum Gasteiger partial charge on any atom is 0.243 e. The Morgan fingerprint density at radius 2 is 2.05 bits per heavy atom. The number of carbonyl (C=O) groups is 1. The van der Waals surface area contributed by atoms with Crippen molar-refractivity contribution in [1.29, 1.82) is 0 Å². The number of nitrogens with one attached hydrogen (secondary N) is 2. The molecule has 0 bridgehead atoms. The molecular weight excluding hydrogens is 264 g/mol. The molecule has 1 aliphatic rings. The van der Waals surface area contributed by atoms with Crippen LogP contribution in [0.4, 0.5) is 0 Å². The molecule has 0 spiro atoms. The number of aliphatic imine (C=N–C) groups is 1. The molecule has 0 aromatic heterocycles. The van der Waals surface area contributed by atoms with Crippen LogP contribution in [-0.2, 0) is 4.79 Å². The summed E-state index contributed by atoms with van der Waals surface area (Å²) >= 11 is 0. The second kappa shape index (κ2) is 8.90. The lowest BCUT2D eigenvalue weighted by atomic mass is 9.87. The van der Waals surface area contributed by atoms with E-state index in [2.05, 4.69) is 36.4 Å². The maximum atomic E-state index is 11.7. The summed E-state index contributed by atoms with van der Waals surface area (Å²) in [6, 6.07) is 0.474. The first kappa shape index (κ1) is 17.8. The number of rotatable bonds is 5. The van der Waals surface area contributed by atoms with E-state index in [4.69, 9.17) is 0 Å². The van der Waals surface area contributed by atoms with Gasteiger partial charge in [-0.25, -0.2) is 4.99 Å². The van der Waals surface area contributed by atoms with Crippen molar-refractivity contribution < 1.29 is 4.79 Å². The van der Waals surface area contributed by atoms with Gasteiger partial charge in [0.25, 0.3) is 0 Å². The summed E-state index contributed by atoms with van der Waals surface area (Å²) in [7, 11) is 3.52. The van der Waals surface area contributed by atoms with E-state index in [0.717, 1.165) is 18.4 Å². The van der Waals surface area contributed by atoms with Crippen LogP contribution in [-0.4, -0.2) is 50.0 Å². The summed E-state index contributed by atoms with van der Waals surface area (Å²) in [4.78, 5) is 17.7. The lowest BCUT2D eigenvalue weighted by Gasteiger charge is -2.29. The van der Waals surface area contributed by atoms with Crippen molar-refractivity contribution in [2.45, 2.75) is 52.5 Å². The number of guanidine groups is 1. The average Bonchev–Trinajstić information content (AvgIpc) is 2.41. The van der Waals surface area contributed by atoms with E-state index in [0.29, 0.717) is 12.0 Å². The highest BCUT2D eigenvalue weighted by atomic mass is 16.2. The lowest BCUT2D eigenvalue weighted by Crippen LogP contribution is -2.46. The molecule has 1 aliphatic carbocycles. The van der Waals surface area contributed by atoms with Crippen LogP contribution in [0.25, 0.3) is 0 Å². The minimum Gasteiger partial charge on any atom is -0.356 e. The first-order valence-electron chi connectivity index (χ1n) is 8.13. The van der Waals surface area contributed by atoms with Crippen LogP contribution in [0.1, 0.15) is 46.5 Å². The second-order valence-corrected chi connectivity index (χ2v) is 6.84. The molecule has 0 aromatic carbocycles. The van der Waals surface area contributed by atoms with Crippen LogP contribution < -0.4 is 10.6 Å². The average molecular weight is 296 g/mol. The lowest BCUT2D eigenvalue weighted by molar-refractivity contribution is -0.127. The molecule has 0 saturated heterocycles. The highest BCUT2D eigenvalue weighted by molar-refractivity contribution is 5.84. The number of nitrogens with zero attached hydrogens (tertiary/aromatic N) is 2. The van der Waals surface area contributed by atoms with Crippen molar-refractivity contribution in [2.75, 3.05) is 27.2 Å². The summed E-state index contributed by atoms with van der Waals surface area (Å²) < 4.78 is 0. The molecule has 122 valence electrons. The molecule has 0 heterocycles. The fraction of sp³-hybridized carbons (Fsp3) is 0.875. The Bertz CT molecular complexity index is 352. The number of likely N-dealkylation sites (N-methyl/N-ethyl adjacent to an activating group) is 1. The fourth-order valence-electron chi connectivity index (χ4n) is 2.50. The van der Waals surface area contributed by atoms with Gasteiger partial charge in [-0.1, -0.05) is 33.6 Å². The Morgan fingerprint density at radius 1 is 1.33 bits per heavy atom. The van der Waals surface area contributed by atoms with E-state index in [9.17, 15) is 4.79 Å². The Hall–Kier alpha value is -1.26. The molecule has 2 N–H and O–H groups in total. The van der Waals surface area contributed by atoms with Crippen molar-refractivity contribution in [3.05, 3.63) is 0 Å². The summed E-state index contributed by atoms with van der Waals surface area (Å²) in [6.45, 7) is 7.70. The highest BCUT2D eigenvalue weighted by Crippen LogP contribution is 2.23. The number of amides is 1. The summed E-state index contributed by atoms with van der Waals surface area (Å²) in [5.41, 5.74) is 0. The monoisotopic (exact) mass is 296 g/mol. The van der Waals surface area contributed by atoms with Gasteiger partial charge in [0.2, 0.25) is 5.91 Å². The van der Waals surface area contributed by atoms with Crippen molar-refractivity contribution >= 4 is 11.9 Å². The molecule has 2 unspecified atom stereocenters. The van der Waals surface area contributed by atoms with Gasteiger partial charge >= 0.3 is 0 Å². The summed E-state index contributed by atoms with van der Waals surface area (Å²) in [5.74, 6) is 2.12. The molecule has 1 rings (SSSR count). The SMILES string of the molecule is CC(C)CNC(=NCC(=O)N(C)C)NC1CCCC(C)C1. The molecule has 21 heavy (non-hydrogen) atoms. The molecule has 2 atom stereocenters.